The van der Waals surface area contributed by atoms with Crippen LogP contribution in [0.2, 0.25) is 0 Å². The molecule has 0 heterocycles. The van der Waals surface area contributed by atoms with Crippen molar-refractivity contribution in [3.63, 3.8) is 0 Å². The van der Waals surface area contributed by atoms with Crippen molar-refractivity contribution < 1.29 is 0 Å². The third kappa shape index (κ3) is 18.7. The Bertz CT molecular complexity index is 537. The average molecular weight is 487 g/mol. The first-order valence-corrected chi connectivity index (χ1v) is 17.0. The minimum atomic E-state index is 0.0465. The zero-order valence-corrected chi connectivity index (χ0v) is 24.4. The van der Waals surface area contributed by atoms with Gasteiger partial charge in [-0.15, -0.1) is 0 Å². The Labute approximate surface area is 216 Å². The van der Waals surface area contributed by atoms with Gasteiger partial charge in [0.05, 0.1) is 0 Å². The van der Waals surface area contributed by atoms with Crippen LogP contribution in [0.15, 0.2) is 35.6 Å². The zero-order chi connectivity index (χ0) is 24.5. The molecular weight excluding hydrogens is 427 g/mol. The van der Waals surface area contributed by atoms with Gasteiger partial charge in [0.15, 0.2) is 0 Å². The van der Waals surface area contributed by atoms with Crippen LogP contribution < -0.4 is 0 Å². The summed E-state index contributed by atoms with van der Waals surface area (Å²) in [5, 5.41) is 1.67. The minimum absolute atomic E-state index is 0.0465. The van der Waals surface area contributed by atoms with Crippen LogP contribution in [0, 0.1) is 0 Å². The van der Waals surface area contributed by atoms with E-state index in [1.54, 1.807) is 5.31 Å². The van der Waals surface area contributed by atoms with Crippen LogP contribution >= 0.6 is 7.92 Å². The first-order valence-electron chi connectivity index (χ1n) is 15.3. The molecule has 0 bridgehead atoms. The lowest BCUT2D eigenvalue weighted by molar-refractivity contribution is 0.561. The van der Waals surface area contributed by atoms with Gasteiger partial charge in [-0.1, -0.05) is 174 Å². The SMILES string of the molecule is CCCCCCCCCCCCP(CCCCCCCCCCCC)C(C)=Cc1ccccc1. The van der Waals surface area contributed by atoms with Crippen LogP contribution in [0.4, 0.5) is 0 Å². The number of unbranched alkanes of at least 4 members (excludes halogenated alkanes) is 18. The van der Waals surface area contributed by atoms with Crippen LogP contribution in [-0.4, -0.2) is 12.3 Å². The first kappa shape index (κ1) is 31.4. The fraction of sp³-hybridized carbons (Fsp3) is 0.758. The molecule has 1 heteroatoms. The number of allylic oxidation sites excluding steroid dienone is 1. The standard InChI is InChI=1S/C33H59P/c1-4-6-8-10-12-14-16-18-20-25-29-34(32(3)31-33-27-23-22-24-28-33)30-26-21-19-17-15-13-11-9-7-5-2/h22-24,27-28,31H,4-21,25-26,29-30H2,1-3H3. The number of benzene rings is 1. The molecule has 34 heavy (non-hydrogen) atoms. The molecule has 0 saturated carbocycles. The summed E-state index contributed by atoms with van der Waals surface area (Å²) >= 11 is 0. The second kappa shape index (κ2) is 24.1. The molecule has 0 spiro atoms. The van der Waals surface area contributed by atoms with E-state index in [1.807, 2.05) is 0 Å². The molecule has 0 unspecified atom stereocenters. The van der Waals surface area contributed by atoms with Crippen molar-refractivity contribution in [1.29, 1.82) is 0 Å². The minimum Gasteiger partial charge on any atom is -0.0800 e. The zero-order valence-electron chi connectivity index (χ0n) is 23.5. The second-order valence-electron chi connectivity index (χ2n) is 10.5. The smallest absolute Gasteiger partial charge is 0.0254 e. The van der Waals surface area contributed by atoms with Crippen LogP contribution in [0.5, 0.6) is 0 Å². The van der Waals surface area contributed by atoms with Crippen molar-refractivity contribution >= 4 is 14.0 Å². The van der Waals surface area contributed by atoms with Crippen molar-refractivity contribution in [2.24, 2.45) is 0 Å². The van der Waals surface area contributed by atoms with Gasteiger partial charge in [0.25, 0.3) is 0 Å². The van der Waals surface area contributed by atoms with Gasteiger partial charge < -0.3 is 0 Å². The van der Waals surface area contributed by atoms with Crippen LogP contribution in [0.3, 0.4) is 0 Å². The van der Waals surface area contributed by atoms with E-state index in [9.17, 15) is 0 Å². The average Bonchev–Trinajstić information content (AvgIpc) is 2.85. The van der Waals surface area contributed by atoms with E-state index in [2.05, 4.69) is 57.2 Å². The molecule has 0 fully saturated rings. The maximum absolute atomic E-state index is 2.48. The van der Waals surface area contributed by atoms with Crippen molar-refractivity contribution in [3.05, 3.63) is 41.2 Å². The molecule has 0 aromatic heterocycles. The summed E-state index contributed by atoms with van der Waals surface area (Å²) in [6.45, 7) is 7.04. The maximum atomic E-state index is 2.48. The Morgan fingerprint density at radius 1 is 0.529 bits per heavy atom. The van der Waals surface area contributed by atoms with E-state index in [1.165, 1.54) is 146 Å². The Balaban J connectivity index is 2.27. The lowest BCUT2D eigenvalue weighted by Gasteiger charge is -2.19. The molecule has 196 valence electrons. The highest BCUT2D eigenvalue weighted by Gasteiger charge is 2.10. The highest BCUT2D eigenvalue weighted by molar-refractivity contribution is 7.62. The quantitative estimate of drug-likeness (QED) is 0.101. The van der Waals surface area contributed by atoms with Crippen LogP contribution in [0.1, 0.15) is 155 Å². The molecular formula is C33H59P. The topological polar surface area (TPSA) is 0 Å². The Hall–Kier alpha value is -0.610. The van der Waals surface area contributed by atoms with Gasteiger partial charge >= 0.3 is 0 Å². The van der Waals surface area contributed by atoms with E-state index in [0.29, 0.717) is 0 Å². The largest absolute Gasteiger partial charge is 0.0800 e. The molecule has 1 rings (SSSR count). The van der Waals surface area contributed by atoms with Crippen molar-refractivity contribution in [3.8, 4) is 0 Å². The molecule has 0 saturated heterocycles. The number of hydrogen-bond acceptors (Lipinski definition) is 0. The predicted molar refractivity (Wildman–Crippen MR) is 160 cm³/mol. The molecule has 0 aliphatic heterocycles. The van der Waals surface area contributed by atoms with Gasteiger partial charge in [0.1, 0.15) is 0 Å². The van der Waals surface area contributed by atoms with E-state index in [0.717, 1.165) is 0 Å². The molecule has 0 amide bonds. The summed E-state index contributed by atoms with van der Waals surface area (Å²) in [7, 11) is 0.0465. The van der Waals surface area contributed by atoms with Gasteiger partial charge in [-0.25, -0.2) is 0 Å². The molecule has 0 aliphatic carbocycles. The first-order chi connectivity index (χ1) is 16.8. The van der Waals surface area contributed by atoms with Gasteiger partial charge in [-0.3, -0.25) is 0 Å². The number of rotatable bonds is 24. The molecule has 0 radical (unpaired) electrons. The van der Waals surface area contributed by atoms with Crippen LogP contribution in [0.25, 0.3) is 6.08 Å². The highest BCUT2D eigenvalue weighted by atomic mass is 31.1. The van der Waals surface area contributed by atoms with E-state index in [4.69, 9.17) is 0 Å². The highest BCUT2D eigenvalue weighted by Crippen LogP contribution is 2.47. The fourth-order valence-electron chi connectivity index (χ4n) is 4.93. The van der Waals surface area contributed by atoms with Crippen molar-refractivity contribution in [2.75, 3.05) is 12.3 Å². The Kier molecular flexibility index (Phi) is 22.3. The van der Waals surface area contributed by atoms with Crippen molar-refractivity contribution in [2.45, 2.75) is 149 Å². The lowest BCUT2D eigenvalue weighted by Crippen LogP contribution is -1.94. The van der Waals surface area contributed by atoms with Gasteiger partial charge in [0.2, 0.25) is 0 Å². The molecule has 1 aromatic rings. The number of hydrogen-bond donors (Lipinski definition) is 0. The molecule has 0 nitrogen and oxygen atoms in total. The molecule has 0 atom stereocenters. The predicted octanol–water partition coefficient (Wildman–Crippen LogP) is 12.4. The fourth-order valence-corrected chi connectivity index (χ4v) is 7.40. The summed E-state index contributed by atoms with van der Waals surface area (Å²) < 4.78 is 0. The normalized spacial score (nSPS) is 12.1. The van der Waals surface area contributed by atoms with Crippen LogP contribution in [-0.2, 0) is 0 Å². The maximum Gasteiger partial charge on any atom is -0.0254 e. The van der Waals surface area contributed by atoms with Crippen molar-refractivity contribution in [1.82, 2.24) is 0 Å². The second-order valence-corrected chi connectivity index (χ2v) is 13.2. The molecule has 0 N–H and O–H groups in total. The lowest BCUT2D eigenvalue weighted by atomic mass is 10.1. The third-order valence-electron chi connectivity index (χ3n) is 7.24. The monoisotopic (exact) mass is 486 g/mol. The van der Waals surface area contributed by atoms with Gasteiger partial charge in [0, 0.05) is 0 Å². The van der Waals surface area contributed by atoms with E-state index in [-0.39, 0.29) is 7.92 Å². The molecule has 1 aromatic carbocycles. The summed E-state index contributed by atoms with van der Waals surface area (Å²) in [6.07, 6.45) is 34.3. The third-order valence-corrected chi connectivity index (χ3v) is 10.1. The van der Waals surface area contributed by atoms with E-state index >= 15 is 0 Å². The summed E-state index contributed by atoms with van der Waals surface area (Å²) in [4.78, 5) is 0. The van der Waals surface area contributed by atoms with Gasteiger partial charge in [-0.05, 0) is 43.0 Å². The summed E-state index contributed by atoms with van der Waals surface area (Å²) in [5.74, 6) is 0. The Morgan fingerprint density at radius 2 is 0.882 bits per heavy atom. The summed E-state index contributed by atoms with van der Waals surface area (Å²) in [5.41, 5.74) is 1.39. The van der Waals surface area contributed by atoms with Gasteiger partial charge in [-0.2, -0.15) is 0 Å². The summed E-state index contributed by atoms with van der Waals surface area (Å²) in [6, 6.07) is 11.0. The van der Waals surface area contributed by atoms with E-state index < -0.39 is 0 Å². The molecule has 0 aliphatic rings. The Morgan fingerprint density at radius 3 is 1.26 bits per heavy atom.